The summed E-state index contributed by atoms with van der Waals surface area (Å²) in [7, 11) is 0. The van der Waals surface area contributed by atoms with Crippen LogP contribution < -0.4 is 5.32 Å². The topological polar surface area (TPSA) is 69.6 Å². The van der Waals surface area contributed by atoms with Crippen molar-refractivity contribution in [3.05, 3.63) is 35.4 Å². The Kier molecular flexibility index (Phi) is 3.34. The number of amides is 2. The van der Waals surface area contributed by atoms with Gasteiger partial charge < -0.3 is 15.3 Å². The van der Waals surface area contributed by atoms with Crippen molar-refractivity contribution in [3.63, 3.8) is 0 Å². The van der Waals surface area contributed by atoms with Gasteiger partial charge in [0, 0.05) is 30.6 Å². The molecule has 0 spiro atoms. The van der Waals surface area contributed by atoms with E-state index in [9.17, 15) is 9.59 Å². The Labute approximate surface area is 117 Å². The van der Waals surface area contributed by atoms with E-state index in [4.69, 9.17) is 5.11 Å². The minimum absolute atomic E-state index is 0.00959. The average molecular weight is 274 g/mol. The predicted octanol–water partition coefficient (Wildman–Crippen LogP) is 2.05. The van der Waals surface area contributed by atoms with Crippen LogP contribution in [0.4, 0.5) is 4.79 Å². The first-order valence-electron chi connectivity index (χ1n) is 7.04. The van der Waals surface area contributed by atoms with Gasteiger partial charge in [-0.15, -0.1) is 0 Å². The van der Waals surface area contributed by atoms with Gasteiger partial charge in [-0.25, -0.2) is 4.79 Å². The maximum absolute atomic E-state index is 12.3. The van der Waals surface area contributed by atoms with E-state index in [0.717, 1.165) is 37.9 Å². The van der Waals surface area contributed by atoms with Gasteiger partial charge in [0.1, 0.15) is 0 Å². The molecule has 0 radical (unpaired) electrons. The van der Waals surface area contributed by atoms with E-state index in [-0.39, 0.29) is 17.9 Å². The molecule has 2 atom stereocenters. The average Bonchev–Trinajstić information content (AvgIpc) is 2.98. The molecule has 5 heteroatoms. The van der Waals surface area contributed by atoms with Gasteiger partial charge in [-0.2, -0.15) is 0 Å². The molecule has 1 aromatic rings. The monoisotopic (exact) mass is 274 g/mol. The van der Waals surface area contributed by atoms with Crippen molar-refractivity contribution in [3.8, 4) is 0 Å². The summed E-state index contributed by atoms with van der Waals surface area (Å²) >= 11 is 0. The third-order valence-corrected chi connectivity index (χ3v) is 4.05. The first kappa shape index (κ1) is 13.0. The molecular formula is C15H18N2O3. The van der Waals surface area contributed by atoms with Crippen LogP contribution in [0.1, 0.15) is 41.1 Å². The lowest BCUT2D eigenvalue weighted by Crippen LogP contribution is -2.27. The summed E-state index contributed by atoms with van der Waals surface area (Å²) in [4.78, 5) is 24.8. The number of hydrogen-bond acceptors (Lipinski definition) is 2. The summed E-state index contributed by atoms with van der Waals surface area (Å²) in [5.41, 5.74) is 1.76. The minimum Gasteiger partial charge on any atom is -0.465 e. The Bertz CT molecular complexity index is 538. The second-order valence-corrected chi connectivity index (χ2v) is 5.52. The Morgan fingerprint density at radius 2 is 2.00 bits per heavy atom. The van der Waals surface area contributed by atoms with Gasteiger partial charge in [-0.05, 0) is 37.0 Å². The molecule has 3 rings (SSSR count). The molecule has 1 heterocycles. The largest absolute Gasteiger partial charge is 0.465 e. The SMILES string of the molecule is O=C(O)NC1CC1c1cccc(C(=O)N2CCCC2)c1. The molecule has 2 amide bonds. The number of rotatable bonds is 3. The third kappa shape index (κ3) is 2.61. The van der Waals surface area contributed by atoms with Crippen molar-refractivity contribution >= 4 is 12.0 Å². The summed E-state index contributed by atoms with van der Waals surface area (Å²) in [5.74, 6) is 0.296. The van der Waals surface area contributed by atoms with E-state index in [2.05, 4.69) is 5.32 Å². The third-order valence-electron chi connectivity index (χ3n) is 4.05. The standard InChI is InChI=1S/C15H18N2O3/c18-14(17-6-1-2-7-17)11-5-3-4-10(8-11)12-9-13(12)16-15(19)20/h3-5,8,12-13,16H,1-2,6-7,9H2,(H,19,20). The van der Waals surface area contributed by atoms with E-state index >= 15 is 0 Å². The van der Waals surface area contributed by atoms with Crippen molar-refractivity contribution in [2.45, 2.75) is 31.2 Å². The van der Waals surface area contributed by atoms with Crippen LogP contribution >= 0.6 is 0 Å². The highest BCUT2D eigenvalue weighted by Gasteiger charge is 2.39. The highest BCUT2D eigenvalue weighted by molar-refractivity contribution is 5.94. The van der Waals surface area contributed by atoms with Gasteiger partial charge in [0.05, 0.1) is 0 Å². The van der Waals surface area contributed by atoms with Crippen molar-refractivity contribution < 1.29 is 14.7 Å². The second kappa shape index (κ2) is 5.15. The maximum atomic E-state index is 12.3. The molecule has 0 bridgehead atoms. The van der Waals surface area contributed by atoms with Crippen molar-refractivity contribution in [2.75, 3.05) is 13.1 Å². The molecule has 1 aliphatic carbocycles. The second-order valence-electron chi connectivity index (χ2n) is 5.52. The fourth-order valence-electron chi connectivity index (χ4n) is 2.89. The number of carboxylic acid groups (broad SMARTS) is 1. The maximum Gasteiger partial charge on any atom is 0.404 e. The Morgan fingerprint density at radius 1 is 1.25 bits per heavy atom. The zero-order valence-electron chi connectivity index (χ0n) is 11.2. The van der Waals surface area contributed by atoms with Crippen LogP contribution in [0.3, 0.4) is 0 Å². The molecule has 1 aromatic carbocycles. The van der Waals surface area contributed by atoms with Crippen LogP contribution in [0.5, 0.6) is 0 Å². The fourth-order valence-corrected chi connectivity index (χ4v) is 2.89. The van der Waals surface area contributed by atoms with Crippen LogP contribution in [0, 0.1) is 0 Å². The summed E-state index contributed by atoms with van der Waals surface area (Å²) in [6.45, 7) is 1.69. The lowest BCUT2D eigenvalue weighted by Gasteiger charge is -2.15. The summed E-state index contributed by atoms with van der Waals surface area (Å²) in [5, 5.41) is 11.2. The number of nitrogens with zero attached hydrogens (tertiary/aromatic N) is 1. The normalized spacial score (nSPS) is 24.5. The molecule has 2 fully saturated rings. The van der Waals surface area contributed by atoms with Gasteiger partial charge in [0.2, 0.25) is 0 Å². The van der Waals surface area contributed by atoms with Gasteiger partial charge in [0.15, 0.2) is 0 Å². The molecule has 0 aromatic heterocycles. The smallest absolute Gasteiger partial charge is 0.404 e. The number of carbonyl (C=O) groups excluding carboxylic acids is 1. The summed E-state index contributed by atoms with van der Waals surface area (Å²) < 4.78 is 0. The summed E-state index contributed by atoms with van der Waals surface area (Å²) in [6.07, 6.45) is 1.99. The Hall–Kier alpha value is -2.04. The molecule has 1 saturated carbocycles. The zero-order chi connectivity index (χ0) is 14.1. The lowest BCUT2D eigenvalue weighted by atomic mass is 10.1. The fraction of sp³-hybridized carbons (Fsp3) is 0.467. The first-order valence-corrected chi connectivity index (χ1v) is 7.04. The highest BCUT2D eigenvalue weighted by Crippen LogP contribution is 2.41. The van der Waals surface area contributed by atoms with Crippen molar-refractivity contribution in [1.29, 1.82) is 0 Å². The molecular weight excluding hydrogens is 256 g/mol. The van der Waals surface area contributed by atoms with E-state index < -0.39 is 6.09 Å². The van der Waals surface area contributed by atoms with Crippen LogP contribution in [0.25, 0.3) is 0 Å². The quantitative estimate of drug-likeness (QED) is 0.886. The molecule has 2 unspecified atom stereocenters. The highest BCUT2D eigenvalue weighted by atomic mass is 16.4. The van der Waals surface area contributed by atoms with Crippen LogP contribution in [0.2, 0.25) is 0 Å². The van der Waals surface area contributed by atoms with Gasteiger partial charge in [0.25, 0.3) is 5.91 Å². The van der Waals surface area contributed by atoms with Crippen molar-refractivity contribution in [2.24, 2.45) is 0 Å². The van der Waals surface area contributed by atoms with E-state index in [1.165, 1.54) is 0 Å². The van der Waals surface area contributed by atoms with Crippen LogP contribution in [-0.2, 0) is 0 Å². The first-order chi connectivity index (χ1) is 9.65. The molecule has 20 heavy (non-hydrogen) atoms. The van der Waals surface area contributed by atoms with Gasteiger partial charge >= 0.3 is 6.09 Å². The molecule has 5 nitrogen and oxygen atoms in total. The molecule has 106 valence electrons. The lowest BCUT2D eigenvalue weighted by molar-refractivity contribution is 0.0792. The molecule has 2 N–H and O–H groups in total. The van der Waals surface area contributed by atoms with Crippen LogP contribution in [0.15, 0.2) is 24.3 Å². The van der Waals surface area contributed by atoms with Crippen LogP contribution in [-0.4, -0.2) is 41.1 Å². The molecule has 2 aliphatic rings. The summed E-state index contributed by atoms with van der Waals surface area (Å²) in [6, 6.07) is 7.59. The minimum atomic E-state index is -0.984. The van der Waals surface area contributed by atoms with Gasteiger partial charge in [-0.1, -0.05) is 12.1 Å². The molecule has 1 aliphatic heterocycles. The van der Waals surface area contributed by atoms with Crippen molar-refractivity contribution in [1.82, 2.24) is 10.2 Å². The number of hydrogen-bond donors (Lipinski definition) is 2. The number of nitrogens with one attached hydrogen (secondary N) is 1. The number of likely N-dealkylation sites (tertiary alicyclic amines) is 1. The Morgan fingerprint density at radius 3 is 2.70 bits per heavy atom. The number of benzene rings is 1. The van der Waals surface area contributed by atoms with Gasteiger partial charge in [-0.3, -0.25) is 4.79 Å². The number of carbonyl (C=O) groups is 2. The van der Waals surface area contributed by atoms with E-state index in [0.29, 0.717) is 5.56 Å². The Balaban J connectivity index is 1.70. The van der Waals surface area contributed by atoms with E-state index in [1.807, 2.05) is 29.2 Å². The predicted molar refractivity (Wildman–Crippen MR) is 73.9 cm³/mol. The zero-order valence-corrected chi connectivity index (χ0v) is 11.2. The molecule has 1 saturated heterocycles. The van der Waals surface area contributed by atoms with E-state index in [1.54, 1.807) is 0 Å².